The van der Waals surface area contributed by atoms with E-state index in [-0.39, 0.29) is 11.8 Å². The summed E-state index contributed by atoms with van der Waals surface area (Å²) in [4.78, 5) is 19.8. The molecule has 1 aromatic rings. The number of likely N-dealkylation sites (N-methyl/N-ethyl adjacent to an activating group) is 1. The summed E-state index contributed by atoms with van der Waals surface area (Å²) in [6, 6.07) is 11.0. The fourth-order valence-corrected chi connectivity index (χ4v) is 3.82. The molecule has 0 N–H and O–H groups in total. The van der Waals surface area contributed by atoms with E-state index in [0.717, 1.165) is 51.1 Å². The molecule has 1 saturated heterocycles. The lowest BCUT2D eigenvalue weighted by Crippen LogP contribution is -2.56. The number of rotatable bonds is 9. The van der Waals surface area contributed by atoms with Crippen molar-refractivity contribution >= 4 is 5.91 Å². The molecule has 1 amide bonds. The van der Waals surface area contributed by atoms with E-state index < -0.39 is 0 Å². The predicted molar refractivity (Wildman–Crippen MR) is 127 cm³/mol. The van der Waals surface area contributed by atoms with E-state index >= 15 is 0 Å². The van der Waals surface area contributed by atoms with Crippen molar-refractivity contribution in [3.63, 3.8) is 0 Å². The first-order valence-corrected chi connectivity index (χ1v) is 11.4. The Morgan fingerprint density at radius 2 is 1.87 bits per heavy atom. The highest BCUT2D eigenvalue weighted by atomic mass is 16.2. The Morgan fingerprint density at radius 1 is 1.17 bits per heavy atom. The summed E-state index contributed by atoms with van der Waals surface area (Å²) in [5.74, 6) is 0.430. The van der Waals surface area contributed by atoms with E-state index in [0.29, 0.717) is 12.6 Å². The molecule has 4 nitrogen and oxygen atoms in total. The van der Waals surface area contributed by atoms with E-state index in [1.165, 1.54) is 5.56 Å². The van der Waals surface area contributed by atoms with Gasteiger partial charge in [0.05, 0.1) is 0 Å². The lowest BCUT2D eigenvalue weighted by atomic mass is 10.1. The number of carbonyl (C=O) groups is 1. The summed E-state index contributed by atoms with van der Waals surface area (Å²) in [6.07, 6.45) is 8.49. The van der Waals surface area contributed by atoms with E-state index in [2.05, 4.69) is 60.3 Å². The van der Waals surface area contributed by atoms with Crippen LogP contribution in [-0.2, 0) is 11.2 Å². The van der Waals surface area contributed by atoms with Crippen LogP contribution in [-0.4, -0.2) is 66.4 Å². The highest BCUT2D eigenvalue weighted by molar-refractivity contribution is 5.83. The molecule has 1 heterocycles. The third kappa shape index (κ3) is 6.96. The first-order valence-electron chi connectivity index (χ1n) is 11.4. The van der Waals surface area contributed by atoms with Gasteiger partial charge in [0.2, 0.25) is 5.91 Å². The second kappa shape index (κ2) is 12.5. The molecule has 1 aliphatic heterocycles. The fraction of sp³-hybridized carbons (Fsp3) is 0.500. The summed E-state index contributed by atoms with van der Waals surface area (Å²) in [6.45, 7) is 16.6. The maximum atomic E-state index is 12.9. The molecule has 3 rings (SSSR count). The molecular formula is C26H39N3O. The molecule has 1 aliphatic carbocycles. The maximum Gasteiger partial charge on any atom is 0.230 e. The number of hydrogen-bond donors (Lipinski definition) is 0. The van der Waals surface area contributed by atoms with E-state index in [1.807, 2.05) is 24.8 Å². The van der Waals surface area contributed by atoms with Crippen LogP contribution in [0.25, 0.3) is 0 Å². The number of amides is 1. The van der Waals surface area contributed by atoms with Crippen molar-refractivity contribution < 1.29 is 4.79 Å². The monoisotopic (exact) mass is 409 g/mol. The van der Waals surface area contributed by atoms with E-state index in [9.17, 15) is 4.79 Å². The van der Waals surface area contributed by atoms with Crippen LogP contribution >= 0.6 is 0 Å². The second-order valence-corrected chi connectivity index (χ2v) is 7.93. The van der Waals surface area contributed by atoms with Gasteiger partial charge in [0.1, 0.15) is 0 Å². The number of piperazine rings is 1. The van der Waals surface area contributed by atoms with Crippen molar-refractivity contribution in [2.24, 2.45) is 5.92 Å². The molecule has 4 heteroatoms. The normalized spacial score (nSPS) is 20.1. The molecule has 1 aromatic carbocycles. The minimum Gasteiger partial charge on any atom is -0.311 e. The molecular weight excluding hydrogens is 370 g/mol. The smallest absolute Gasteiger partial charge is 0.230 e. The van der Waals surface area contributed by atoms with Crippen molar-refractivity contribution in [2.75, 3.05) is 39.8 Å². The standard InChI is InChI=1S/C24H33N3O.C2H6/c1-4-9-22(5-2)27(24(28)21-12-13-21)19-23-18-26(17-16-25(23)3)15-14-20-10-7-6-8-11-20;1-2/h4-11,21,23H,1-2,12-19H2,3H3;1-2H3/b22-9+;. The van der Waals surface area contributed by atoms with Crippen LogP contribution in [0.1, 0.15) is 32.3 Å². The number of allylic oxidation sites excluding steroid dienone is 3. The lowest BCUT2D eigenvalue weighted by Gasteiger charge is -2.42. The van der Waals surface area contributed by atoms with Crippen molar-refractivity contribution in [2.45, 2.75) is 39.2 Å². The molecule has 1 saturated carbocycles. The van der Waals surface area contributed by atoms with E-state index in [4.69, 9.17) is 0 Å². The zero-order chi connectivity index (χ0) is 21.9. The summed E-state index contributed by atoms with van der Waals surface area (Å²) in [7, 11) is 2.17. The Morgan fingerprint density at radius 3 is 2.47 bits per heavy atom. The van der Waals surface area contributed by atoms with Crippen molar-refractivity contribution in [1.82, 2.24) is 14.7 Å². The van der Waals surface area contributed by atoms with Crippen LogP contribution in [0.3, 0.4) is 0 Å². The van der Waals surface area contributed by atoms with Crippen molar-refractivity contribution in [3.05, 3.63) is 73.0 Å². The van der Waals surface area contributed by atoms with Gasteiger partial charge in [-0.3, -0.25) is 9.69 Å². The van der Waals surface area contributed by atoms with Gasteiger partial charge in [0.25, 0.3) is 0 Å². The zero-order valence-electron chi connectivity index (χ0n) is 19.1. The zero-order valence-corrected chi connectivity index (χ0v) is 19.1. The molecule has 1 atom stereocenters. The summed E-state index contributed by atoms with van der Waals surface area (Å²) in [5.41, 5.74) is 2.24. The molecule has 1 unspecified atom stereocenters. The Balaban J connectivity index is 0.00000155. The molecule has 2 aliphatic rings. The van der Waals surface area contributed by atoms with Crippen molar-refractivity contribution in [3.8, 4) is 0 Å². The second-order valence-electron chi connectivity index (χ2n) is 7.93. The van der Waals surface area contributed by atoms with Gasteiger partial charge in [0, 0.05) is 50.4 Å². The van der Waals surface area contributed by atoms with Gasteiger partial charge < -0.3 is 9.80 Å². The van der Waals surface area contributed by atoms with Crippen LogP contribution in [0.15, 0.2) is 67.4 Å². The largest absolute Gasteiger partial charge is 0.311 e. The summed E-state index contributed by atoms with van der Waals surface area (Å²) in [5, 5.41) is 0. The first-order chi connectivity index (χ1) is 14.6. The highest BCUT2D eigenvalue weighted by Gasteiger charge is 2.36. The average Bonchev–Trinajstić information content (AvgIpc) is 3.63. The number of benzene rings is 1. The minimum absolute atomic E-state index is 0.191. The Kier molecular flexibility index (Phi) is 10.0. The van der Waals surface area contributed by atoms with Gasteiger partial charge in [-0.05, 0) is 44.0 Å². The fourth-order valence-electron chi connectivity index (χ4n) is 3.82. The van der Waals surface area contributed by atoms with Crippen LogP contribution in [0, 0.1) is 5.92 Å². The third-order valence-electron chi connectivity index (χ3n) is 5.82. The lowest BCUT2D eigenvalue weighted by molar-refractivity contribution is -0.131. The Bertz CT molecular complexity index is 708. The van der Waals surface area contributed by atoms with Gasteiger partial charge in [0.15, 0.2) is 0 Å². The van der Waals surface area contributed by atoms with Gasteiger partial charge in [-0.25, -0.2) is 0 Å². The minimum atomic E-state index is 0.191. The number of carbonyl (C=O) groups excluding carboxylic acids is 1. The SMILES string of the molecule is C=C/C=C(\C=C)N(CC1CN(CCc2ccccc2)CCN1C)C(=O)C1CC1.CC. The highest BCUT2D eigenvalue weighted by Crippen LogP contribution is 2.32. The first kappa shape index (κ1) is 24.1. The van der Waals surface area contributed by atoms with Crippen LogP contribution in [0.5, 0.6) is 0 Å². The topological polar surface area (TPSA) is 26.8 Å². The summed E-state index contributed by atoms with van der Waals surface area (Å²) >= 11 is 0. The third-order valence-corrected chi connectivity index (χ3v) is 5.82. The average molecular weight is 410 g/mol. The van der Waals surface area contributed by atoms with Crippen molar-refractivity contribution in [1.29, 1.82) is 0 Å². The quantitative estimate of drug-likeness (QED) is 0.567. The maximum absolute atomic E-state index is 12.9. The van der Waals surface area contributed by atoms with Gasteiger partial charge in [-0.1, -0.05) is 63.4 Å². The Labute approximate surface area is 183 Å². The molecule has 0 spiro atoms. The van der Waals surface area contributed by atoms with E-state index in [1.54, 1.807) is 12.2 Å². The van der Waals surface area contributed by atoms with Gasteiger partial charge in [-0.2, -0.15) is 0 Å². The molecule has 30 heavy (non-hydrogen) atoms. The molecule has 0 aromatic heterocycles. The summed E-state index contributed by atoms with van der Waals surface area (Å²) < 4.78 is 0. The van der Waals surface area contributed by atoms with Crippen LogP contribution in [0.4, 0.5) is 0 Å². The van der Waals surface area contributed by atoms with Gasteiger partial charge in [-0.15, -0.1) is 0 Å². The molecule has 0 bridgehead atoms. The van der Waals surface area contributed by atoms with Crippen LogP contribution < -0.4 is 0 Å². The number of hydrogen-bond acceptors (Lipinski definition) is 3. The Hall–Kier alpha value is -2.17. The molecule has 0 radical (unpaired) electrons. The van der Waals surface area contributed by atoms with Crippen LogP contribution in [0.2, 0.25) is 0 Å². The number of nitrogens with zero attached hydrogens (tertiary/aromatic N) is 3. The molecule has 2 fully saturated rings. The predicted octanol–water partition coefficient (Wildman–Crippen LogP) is 4.37. The van der Waals surface area contributed by atoms with Gasteiger partial charge >= 0.3 is 0 Å². The molecule has 164 valence electrons.